The fourth-order valence-corrected chi connectivity index (χ4v) is 4.27. The predicted molar refractivity (Wildman–Crippen MR) is 119 cm³/mol. The molecule has 3 N–H and O–H groups in total. The van der Waals surface area contributed by atoms with Gasteiger partial charge in [-0.3, -0.25) is 0 Å². The van der Waals surface area contributed by atoms with Crippen LogP contribution in [-0.4, -0.2) is 37.0 Å². The van der Waals surface area contributed by atoms with E-state index in [0.717, 1.165) is 43.8 Å². The maximum atomic E-state index is 14.6. The molecular formula is C23H20F2N8. The normalized spacial score (nSPS) is 18.1. The number of anilines is 2. The molecule has 1 aliphatic carbocycles. The molecule has 0 saturated heterocycles. The summed E-state index contributed by atoms with van der Waals surface area (Å²) in [6.45, 7) is 0. The molecule has 166 valence electrons. The largest absolute Gasteiger partial charge is 0.367 e. The molecule has 0 radical (unpaired) electrons. The number of hydrogen-bond acceptors (Lipinski definition) is 7. The van der Waals surface area contributed by atoms with Crippen LogP contribution in [0.2, 0.25) is 0 Å². The molecule has 1 saturated carbocycles. The van der Waals surface area contributed by atoms with Crippen molar-refractivity contribution in [2.75, 3.05) is 10.6 Å². The highest BCUT2D eigenvalue weighted by atomic mass is 19.1. The van der Waals surface area contributed by atoms with Crippen molar-refractivity contribution in [3.05, 3.63) is 60.3 Å². The Kier molecular flexibility index (Phi) is 5.52. The van der Waals surface area contributed by atoms with Gasteiger partial charge < -0.3 is 15.6 Å². The molecule has 1 fully saturated rings. The van der Waals surface area contributed by atoms with Crippen molar-refractivity contribution in [1.29, 1.82) is 5.26 Å². The van der Waals surface area contributed by atoms with E-state index in [0.29, 0.717) is 10.9 Å². The predicted octanol–water partition coefficient (Wildman–Crippen LogP) is 4.40. The lowest BCUT2D eigenvalue weighted by atomic mass is 9.91. The van der Waals surface area contributed by atoms with Crippen molar-refractivity contribution in [2.24, 2.45) is 0 Å². The molecule has 33 heavy (non-hydrogen) atoms. The van der Waals surface area contributed by atoms with Crippen molar-refractivity contribution in [1.82, 2.24) is 24.9 Å². The van der Waals surface area contributed by atoms with E-state index in [9.17, 15) is 8.78 Å². The minimum absolute atomic E-state index is 0.0148. The van der Waals surface area contributed by atoms with E-state index < -0.39 is 11.6 Å². The van der Waals surface area contributed by atoms with Crippen LogP contribution in [0, 0.1) is 23.0 Å². The summed E-state index contributed by atoms with van der Waals surface area (Å²) in [4.78, 5) is 19.5. The van der Waals surface area contributed by atoms with Crippen LogP contribution < -0.4 is 10.6 Å². The number of fused-ring (bicyclic) bond motifs is 1. The molecule has 4 aromatic rings. The van der Waals surface area contributed by atoms with Crippen LogP contribution in [0.5, 0.6) is 0 Å². The summed E-state index contributed by atoms with van der Waals surface area (Å²) in [6.07, 6.45) is 9.45. The Morgan fingerprint density at radius 2 is 1.94 bits per heavy atom. The number of rotatable bonds is 5. The van der Waals surface area contributed by atoms with Crippen molar-refractivity contribution >= 4 is 22.5 Å². The first-order chi connectivity index (χ1) is 16.1. The average Bonchev–Trinajstić information content (AvgIpc) is 3.26. The van der Waals surface area contributed by atoms with E-state index in [-0.39, 0.29) is 34.8 Å². The van der Waals surface area contributed by atoms with E-state index in [1.165, 1.54) is 6.33 Å². The quantitative estimate of drug-likeness (QED) is 0.416. The lowest BCUT2D eigenvalue weighted by Crippen LogP contribution is -2.35. The minimum Gasteiger partial charge on any atom is -0.367 e. The number of aromatic nitrogens is 5. The molecule has 3 heterocycles. The fraction of sp³-hybridized carbons (Fsp3) is 0.261. The molecule has 1 aliphatic rings. The Balaban J connectivity index is 1.38. The number of halogens is 2. The zero-order chi connectivity index (χ0) is 22.8. The van der Waals surface area contributed by atoms with E-state index >= 15 is 0 Å². The molecule has 8 nitrogen and oxygen atoms in total. The Labute approximate surface area is 188 Å². The van der Waals surface area contributed by atoms with Gasteiger partial charge in [-0.2, -0.15) is 5.26 Å². The summed E-state index contributed by atoms with van der Waals surface area (Å²) in [5, 5.41) is 16.2. The molecule has 1 aromatic carbocycles. The van der Waals surface area contributed by atoms with Gasteiger partial charge in [-0.05, 0) is 43.9 Å². The Morgan fingerprint density at radius 1 is 1.09 bits per heavy atom. The van der Waals surface area contributed by atoms with E-state index in [2.05, 4.69) is 35.6 Å². The van der Waals surface area contributed by atoms with Crippen molar-refractivity contribution in [3.8, 4) is 17.5 Å². The maximum Gasteiger partial charge on any atom is 0.183 e. The summed E-state index contributed by atoms with van der Waals surface area (Å²) < 4.78 is 28.9. The van der Waals surface area contributed by atoms with Gasteiger partial charge in [0.1, 0.15) is 18.0 Å². The standard InChI is InChI=1S/C23H20F2N8/c24-18-7-13(9-26)6-16-17(10-28-21(16)18)22-29-11-19(25)23(33-22)32-15-3-1-2-14(8-15)31-20-4-5-27-12-30-20/h4-7,10-12,14-15,28H,1-3,8H2,(H,27,30,31)(H,29,32,33). The second-order valence-electron chi connectivity index (χ2n) is 8.03. The first-order valence-corrected chi connectivity index (χ1v) is 10.6. The van der Waals surface area contributed by atoms with Crippen LogP contribution in [0.25, 0.3) is 22.3 Å². The van der Waals surface area contributed by atoms with Gasteiger partial charge in [0.2, 0.25) is 0 Å². The summed E-state index contributed by atoms with van der Waals surface area (Å²) in [5.41, 5.74) is 0.930. The van der Waals surface area contributed by atoms with Crippen LogP contribution in [0.4, 0.5) is 20.4 Å². The highest BCUT2D eigenvalue weighted by molar-refractivity contribution is 5.95. The second-order valence-corrected chi connectivity index (χ2v) is 8.03. The summed E-state index contributed by atoms with van der Waals surface area (Å²) in [5.74, 6) is -0.00641. The summed E-state index contributed by atoms with van der Waals surface area (Å²) in [7, 11) is 0. The maximum absolute atomic E-state index is 14.6. The van der Waals surface area contributed by atoms with Crippen molar-refractivity contribution in [2.45, 2.75) is 37.8 Å². The zero-order valence-corrected chi connectivity index (χ0v) is 17.5. The average molecular weight is 446 g/mol. The second kappa shape index (κ2) is 8.78. The topological polar surface area (TPSA) is 115 Å². The Bertz CT molecular complexity index is 1330. The molecule has 10 heteroatoms. The molecule has 2 unspecified atom stereocenters. The summed E-state index contributed by atoms with van der Waals surface area (Å²) >= 11 is 0. The minimum atomic E-state index is -0.562. The van der Waals surface area contributed by atoms with Crippen molar-refractivity contribution < 1.29 is 8.78 Å². The van der Waals surface area contributed by atoms with Crippen LogP contribution in [-0.2, 0) is 0 Å². The SMILES string of the molecule is N#Cc1cc(F)c2[nH]cc(-c3ncc(F)c(NC4CCCC(Nc5ccncn5)C4)n3)c2c1. The number of nitrogens with one attached hydrogen (secondary N) is 3. The molecule has 3 aromatic heterocycles. The van der Waals surface area contributed by atoms with E-state index in [4.69, 9.17) is 5.26 Å². The smallest absolute Gasteiger partial charge is 0.183 e. The van der Waals surface area contributed by atoms with Gasteiger partial charge in [0.15, 0.2) is 17.5 Å². The van der Waals surface area contributed by atoms with E-state index in [1.807, 2.05) is 12.1 Å². The molecule has 0 bridgehead atoms. The molecule has 2 atom stereocenters. The number of aromatic amines is 1. The van der Waals surface area contributed by atoms with Crippen LogP contribution in [0.3, 0.4) is 0 Å². The first-order valence-electron chi connectivity index (χ1n) is 10.6. The van der Waals surface area contributed by atoms with Gasteiger partial charge in [0, 0.05) is 35.4 Å². The monoisotopic (exact) mass is 446 g/mol. The van der Waals surface area contributed by atoms with E-state index in [1.54, 1.807) is 18.5 Å². The third-order valence-corrected chi connectivity index (χ3v) is 5.80. The number of H-pyrrole nitrogens is 1. The van der Waals surface area contributed by atoms with Gasteiger partial charge in [0.25, 0.3) is 0 Å². The van der Waals surface area contributed by atoms with Crippen LogP contribution >= 0.6 is 0 Å². The number of nitrogens with zero attached hydrogens (tertiary/aromatic N) is 5. The lowest BCUT2D eigenvalue weighted by molar-refractivity contribution is 0.424. The van der Waals surface area contributed by atoms with Crippen molar-refractivity contribution in [3.63, 3.8) is 0 Å². The highest BCUT2D eigenvalue weighted by Gasteiger charge is 2.24. The van der Waals surface area contributed by atoms with Crippen LogP contribution in [0.1, 0.15) is 31.2 Å². The molecule has 0 spiro atoms. The van der Waals surface area contributed by atoms with Gasteiger partial charge in [-0.25, -0.2) is 28.7 Å². The van der Waals surface area contributed by atoms with Gasteiger partial charge in [-0.1, -0.05) is 0 Å². The Morgan fingerprint density at radius 3 is 2.73 bits per heavy atom. The molecule has 5 rings (SSSR count). The molecule has 0 amide bonds. The number of hydrogen-bond donors (Lipinski definition) is 3. The van der Waals surface area contributed by atoms with Gasteiger partial charge >= 0.3 is 0 Å². The zero-order valence-electron chi connectivity index (χ0n) is 17.5. The fourth-order valence-electron chi connectivity index (χ4n) is 4.27. The first kappa shape index (κ1) is 20.8. The molecule has 0 aliphatic heterocycles. The lowest BCUT2D eigenvalue weighted by Gasteiger charge is -2.31. The Hall–Kier alpha value is -4.13. The van der Waals surface area contributed by atoms with Crippen LogP contribution in [0.15, 0.2) is 43.1 Å². The number of benzene rings is 1. The third kappa shape index (κ3) is 4.30. The highest BCUT2D eigenvalue weighted by Crippen LogP contribution is 2.31. The summed E-state index contributed by atoms with van der Waals surface area (Å²) in [6, 6.07) is 6.69. The third-order valence-electron chi connectivity index (χ3n) is 5.80. The molecular weight excluding hydrogens is 426 g/mol. The van der Waals surface area contributed by atoms with Gasteiger partial charge in [0.05, 0.1) is 23.3 Å². The number of nitriles is 1. The van der Waals surface area contributed by atoms with Gasteiger partial charge in [-0.15, -0.1) is 0 Å².